The number of carbonyl (C=O) groups excluding carboxylic acids is 1. The van der Waals surface area contributed by atoms with Gasteiger partial charge in [-0.25, -0.2) is 4.98 Å². The number of amides is 1. The summed E-state index contributed by atoms with van der Waals surface area (Å²) in [5.41, 5.74) is 1.86. The summed E-state index contributed by atoms with van der Waals surface area (Å²) in [5.74, 6) is 0.379. The highest BCUT2D eigenvalue weighted by Crippen LogP contribution is 2.34. The molecule has 3 aromatic heterocycles. The van der Waals surface area contributed by atoms with Gasteiger partial charge in [-0.2, -0.15) is 0 Å². The lowest BCUT2D eigenvalue weighted by atomic mass is 10.2. The zero-order valence-electron chi connectivity index (χ0n) is 17.4. The lowest BCUT2D eigenvalue weighted by molar-refractivity contribution is 0.102. The molecule has 0 saturated carbocycles. The minimum Gasteiger partial charge on any atom is -0.497 e. The Kier molecular flexibility index (Phi) is 5.38. The standard InChI is InChI=1S/C22H22N6O3S/c1-31-15-3-2-14-12-28(21(30)16(14)10-15)22-26-18(13-32-22)20(29)25-17-11-24-5-4-19(17)27-8-6-23-7-9-27/h2-5,10-13,23,30H,6-9H2,1H3,(H,25,29). The number of hydrogen-bond acceptors (Lipinski definition) is 8. The Morgan fingerprint density at radius 1 is 1.28 bits per heavy atom. The lowest BCUT2D eigenvalue weighted by Gasteiger charge is -2.30. The van der Waals surface area contributed by atoms with Crippen LogP contribution in [0.4, 0.5) is 11.4 Å². The van der Waals surface area contributed by atoms with Gasteiger partial charge in [0.2, 0.25) is 5.88 Å². The molecule has 1 amide bonds. The highest BCUT2D eigenvalue weighted by molar-refractivity contribution is 7.12. The second-order valence-electron chi connectivity index (χ2n) is 7.38. The fourth-order valence-electron chi connectivity index (χ4n) is 3.77. The average molecular weight is 451 g/mol. The van der Waals surface area contributed by atoms with Crippen molar-refractivity contribution in [3.63, 3.8) is 0 Å². The van der Waals surface area contributed by atoms with Crippen molar-refractivity contribution in [2.75, 3.05) is 43.5 Å². The SMILES string of the molecule is COc1ccc2cn(-c3nc(C(=O)Nc4cnccc4N4CCNCC4)cs3)c(O)c2c1. The van der Waals surface area contributed by atoms with E-state index in [1.807, 2.05) is 18.2 Å². The Hall–Kier alpha value is -3.63. The number of benzene rings is 1. The van der Waals surface area contributed by atoms with Crippen LogP contribution < -0.4 is 20.3 Å². The number of anilines is 2. The van der Waals surface area contributed by atoms with Crippen molar-refractivity contribution in [3.8, 4) is 16.8 Å². The van der Waals surface area contributed by atoms with E-state index in [2.05, 4.69) is 25.5 Å². The zero-order chi connectivity index (χ0) is 22.1. The molecule has 1 saturated heterocycles. The summed E-state index contributed by atoms with van der Waals surface area (Å²) in [7, 11) is 1.58. The number of pyridine rings is 1. The second kappa shape index (κ2) is 8.48. The number of nitrogens with zero attached hydrogens (tertiary/aromatic N) is 4. The molecule has 1 fully saturated rings. The van der Waals surface area contributed by atoms with Crippen molar-refractivity contribution in [2.24, 2.45) is 0 Å². The summed E-state index contributed by atoms with van der Waals surface area (Å²) in [5, 5.41) is 20.6. The van der Waals surface area contributed by atoms with Gasteiger partial charge in [-0.05, 0) is 24.3 Å². The molecule has 9 nitrogen and oxygen atoms in total. The van der Waals surface area contributed by atoms with E-state index in [0.717, 1.165) is 37.3 Å². The third-order valence-corrected chi connectivity index (χ3v) is 6.27. The predicted molar refractivity (Wildman–Crippen MR) is 124 cm³/mol. The number of aromatic nitrogens is 3. The molecule has 10 heteroatoms. The van der Waals surface area contributed by atoms with Gasteiger partial charge in [0.15, 0.2) is 5.13 Å². The molecular formula is C22H22N6O3S. The van der Waals surface area contributed by atoms with E-state index in [0.29, 0.717) is 22.0 Å². The highest BCUT2D eigenvalue weighted by Gasteiger charge is 2.19. The Morgan fingerprint density at radius 2 is 2.12 bits per heavy atom. The summed E-state index contributed by atoms with van der Waals surface area (Å²) in [6, 6.07) is 7.37. The van der Waals surface area contributed by atoms with Gasteiger partial charge in [0, 0.05) is 54.7 Å². The lowest BCUT2D eigenvalue weighted by Crippen LogP contribution is -2.43. The molecule has 0 atom stereocenters. The van der Waals surface area contributed by atoms with Crippen LogP contribution in [-0.2, 0) is 0 Å². The van der Waals surface area contributed by atoms with Crippen molar-refractivity contribution < 1.29 is 14.6 Å². The van der Waals surface area contributed by atoms with Crippen molar-refractivity contribution in [2.45, 2.75) is 0 Å². The van der Waals surface area contributed by atoms with Crippen LogP contribution in [0.25, 0.3) is 15.9 Å². The number of fused-ring (bicyclic) bond motifs is 1. The maximum absolute atomic E-state index is 12.9. The monoisotopic (exact) mass is 450 g/mol. The summed E-state index contributed by atoms with van der Waals surface area (Å²) >= 11 is 1.28. The molecule has 1 aliphatic heterocycles. The number of carbonyl (C=O) groups is 1. The van der Waals surface area contributed by atoms with Crippen molar-refractivity contribution >= 4 is 39.4 Å². The molecule has 0 spiro atoms. The number of ether oxygens (including phenoxy) is 1. The molecule has 0 aliphatic carbocycles. The first-order chi connectivity index (χ1) is 15.6. The van der Waals surface area contributed by atoms with Crippen LogP contribution in [0.1, 0.15) is 10.5 Å². The van der Waals surface area contributed by atoms with Crippen molar-refractivity contribution in [1.29, 1.82) is 0 Å². The van der Waals surface area contributed by atoms with Gasteiger partial charge in [-0.3, -0.25) is 14.3 Å². The highest BCUT2D eigenvalue weighted by atomic mass is 32.1. The maximum atomic E-state index is 12.9. The number of aromatic hydroxyl groups is 1. The molecule has 0 unspecified atom stereocenters. The van der Waals surface area contributed by atoms with Crippen molar-refractivity contribution in [1.82, 2.24) is 19.9 Å². The molecule has 0 radical (unpaired) electrons. The number of rotatable bonds is 5. The first kappa shape index (κ1) is 20.3. The Morgan fingerprint density at radius 3 is 2.94 bits per heavy atom. The summed E-state index contributed by atoms with van der Waals surface area (Å²) in [6.07, 6.45) is 5.16. The van der Waals surface area contributed by atoms with E-state index in [-0.39, 0.29) is 17.5 Å². The molecule has 4 aromatic rings. The summed E-state index contributed by atoms with van der Waals surface area (Å²) in [4.78, 5) is 23.8. The summed E-state index contributed by atoms with van der Waals surface area (Å²) in [6.45, 7) is 3.51. The number of piperazine rings is 1. The molecule has 32 heavy (non-hydrogen) atoms. The first-order valence-corrected chi connectivity index (χ1v) is 11.1. The first-order valence-electron chi connectivity index (χ1n) is 10.2. The van der Waals surface area contributed by atoms with Gasteiger partial charge < -0.3 is 25.4 Å². The fourth-order valence-corrected chi connectivity index (χ4v) is 4.56. The van der Waals surface area contributed by atoms with Gasteiger partial charge >= 0.3 is 0 Å². The largest absolute Gasteiger partial charge is 0.497 e. The molecule has 1 aliphatic rings. The fraction of sp³-hybridized carbons (Fsp3) is 0.227. The molecule has 5 rings (SSSR count). The number of hydrogen-bond donors (Lipinski definition) is 3. The van der Waals surface area contributed by atoms with Crippen LogP contribution in [0, 0.1) is 0 Å². The van der Waals surface area contributed by atoms with Gasteiger partial charge in [-0.1, -0.05) is 0 Å². The van der Waals surface area contributed by atoms with Gasteiger partial charge in [0.25, 0.3) is 5.91 Å². The van der Waals surface area contributed by atoms with Gasteiger partial charge in [-0.15, -0.1) is 11.3 Å². The predicted octanol–water partition coefficient (Wildman–Crippen LogP) is 2.86. The van der Waals surface area contributed by atoms with Gasteiger partial charge in [0.05, 0.1) is 24.7 Å². The third-order valence-electron chi connectivity index (χ3n) is 5.43. The Labute approximate surface area is 188 Å². The molecule has 3 N–H and O–H groups in total. The van der Waals surface area contributed by atoms with Crippen LogP contribution in [-0.4, -0.2) is 58.8 Å². The van der Waals surface area contributed by atoms with Crippen LogP contribution in [0.15, 0.2) is 48.2 Å². The summed E-state index contributed by atoms with van der Waals surface area (Å²) < 4.78 is 6.81. The number of thiazole rings is 1. The number of methoxy groups -OCH3 is 1. The Bertz CT molecular complexity index is 1280. The molecule has 164 valence electrons. The van der Waals surface area contributed by atoms with E-state index in [9.17, 15) is 9.90 Å². The van der Waals surface area contributed by atoms with E-state index in [1.165, 1.54) is 11.3 Å². The smallest absolute Gasteiger partial charge is 0.275 e. The molecular weight excluding hydrogens is 428 g/mol. The van der Waals surface area contributed by atoms with E-state index in [4.69, 9.17) is 4.74 Å². The minimum atomic E-state index is -0.324. The number of nitrogens with one attached hydrogen (secondary N) is 2. The molecule has 0 bridgehead atoms. The van der Waals surface area contributed by atoms with Crippen LogP contribution in [0.5, 0.6) is 11.6 Å². The quantitative estimate of drug-likeness (QED) is 0.429. The maximum Gasteiger partial charge on any atom is 0.275 e. The van der Waals surface area contributed by atoms with E-state index < -0.39 is 0 Å². The van der Waals surface area contributed by atoms with E-state index in [1.54, 1.807) is 41.7 Å². The van der Waals surface area contributed by atoms with Crippen LogP contribution >= 0.6 is 11.3 Å². The van der Waals surface area contributed by atoms with Crippen molar-refractivity contribution in [3.05, 3.63) is 53.9 Å². The minimum absolute atomic E-state index is 0.0495. The normalized spacial score (nSPS) is 14.0. The van der Waals surface area contributed by atoms with Crippen LogP contribution in [0.2, 0.25) is 0 Å². The zero-order valence-corrected chi connectivity index (χ0v) is 18.2. The molecule has 1 aromatic carbocycles. The average Bonchev–Trinajstić information content (AvgIpc) is 3.45. The Balaban J connectivity index is 1.39. The molecule has 4 heterocycles. The second-order valence-corrected chi connectivity index (χ2v) is 8.21. The van der Waals surface area contributed by atoms with Gasteiger partial charge in [0.1, 0.15) is 11.4 Å². The third kappa shape index (κ3) is 3.74. The van der Waals surface area contributed by atoms with E-state index >= 15 is 0 Å². The topological polar surface area (TPSA) is 105 Å². The van der Waals surface area contributed by atoms with Crippen LogP contribution in [0.3, 0.4) is 0 Å².